The summed E-state index contributed by atoms with van der Waals surface area (Å²) in [4.78, 5) is 27.3. The minimum atomic E-state index is -5.18. The number of hydrogen-bond acceptors (Lipinski definition) is 5. The molecule has 0 aromatic heterocycles. The van der Waals surface area contributed by atoms with Gasteiger partial charge < -0.3 is 25.4 Å². The fourth-order valence-corrected chi connectivity index (χ4v) is 4.77. The summed E-state index contributed by atoms with van der Waals surface area (Å²) in [6, 6.07) is 10.6. The number of anilines is 2. The third kappa shape index (κ3) is 5.41. The Morgan fingerprint density at radius 1 is 1.00 bits per heavy atom. The number of nitrogens with zero attached hydrogens (tertiary/aromatic N) is 1. The van der Waals surface area contributed by atoms with Gasteiger partial charge in [-0.25, -0.2) is 13.2 Å². The topological polar surface area (TPSA) is 90.9 Å². The van der Waals surface area contributed by atoms with E-state index in [1.54, 1.807) is 6.92 Å². The lowest BCUT2D eigenvalue weighted by Gasteiger charge is -2.50. The van der Waals surface area contributed by atoms with E-state index >= 15 is 0 Å². The first kappa shape index (κ1) is 30.8. The van der Waals surface area contributed by atoms with Crippen LogP contribution in [0.2, 0.25) is 0 Å². The SMILES string of the molecule is COC(C(=O)NC(C)C1(O)CN(C(=O)c2ccc(F)c(F)c2Nc2ccc(C)cc2F)C1)(c1ccccc1)C(F)(F)F. The van der Waals surface area contributed by atoms with Gasteiger partial charge in [0.05, 0.1) is 36.1 Å². The van der Waals surface area contributed by atoms with Crippen LogP contribution >= 0.6 is 0 Å². The first-order valence-electron chi connectivity index (χ1n) is 12.7. The molecule has 1 saturated heterocycles. The van der Waals surface area contributed by atoms with Crippen molar-refractivity contribution in [3.63, 3.8) is 0 Å². The van der Waals surface area contributed by atoms with Crippen molar-refractivity contribution in [3.8, 4) is 0 Å². The van der Waals surface area contributed by atoms with Crippen LogP contribution in [0.25, 0.3) is 0 Å². The highest BCUT2D eigenvalue weighted by molar-refractivity contribution is 6.01. The van der Waals surface area contributed by atoms with Gasteiger partial charge in [0.1, 0.15) is 11.4 Å². The van der Waals surface area contributed by atoms with Crippen LogP contribution in [0.15, 0.2) is 60.7 Å². The first-order valence-corrected chi connectivity index (χ1v) is 12.7. The Kier molecular flexibility index (Phi) is 8.29. The number of carbonyl (C=O) groups excluding carboxylic acids is 2. The molecule has 7 nitrogen and oxygen atoms in total. The van der Waals surface area contributed by atoms with Crippen LogP contribution in [-0.4, -0.2) is 59.8 Å². The molecule has 224 valence electrons. The summed E-state index contributed by atoms with van der Waals surface area (Å²) in [7, 11) is 0.735. The number of alkyl halides is 3. The number of nitrogens with one attached hydrogen (secondary N) is 2. The Morgan fingerprint density at radius 2 is 1.64 bits per heavy atom. The highest BCUT2D eigenvalue weighted by Crippen LogP contribution is 2.42. The molecule has 4 rings (SSSR count). The molecule has 0 saturated carbocycles. The van der Waals surface area contributed by atoms with Gasteiger partial charge in [-0.1, -0.05) is 36.4 Å². The van der Waals surface area contributed by atoms with Gasteiger partial charge in [0.25, 0.3) is 17.4 Å². The quantitative estimate of drug-likeness (QED) is 0.321. The maximum absolute atomic E-state index is 14.8. The highest BCUT2D eigenvalue weighted by Gasteiger charge is 2.63. The molecule has 1 aliphatic heterocycles. The van der Waals surface area contributed by atoms with Crippen LogP contribution in [0.3, 0.4) is 0 Å². The molecule has 0 radical (unpaired) electrons. The van der Waals surface area contributed by atoms with Gasteiger partial charge in [0.15, 0.2) is 11.6 Å². The third-order valence-corrected chi connectivity index (χ3v) is 7.29. The molecule has 42 heavy (non-hydrogen) atoms. The molecular formula is C29H27F6N3O4. The third-order valence-electron chi connectivity index (χ3n) is 7.29. The van der Waals surface area contributed by atoms with Crippen LogP contribution < -0.4 is 10.6 Å². The largest absolute Gasteiger partial charge is 0.430 e. The number of halogens is 6. The number of amides is 2. The number of benzene rings is 3. The molecule has 1 heterocycles. The Bertz CT molecular complexity index is 1490. The zero-order valence-corrected chi connectivity index (χ0v) is 22.7. The molecular weight excluding hydrogens is 568 g/mol. The van der Waals surface area contributed by atoms with E-state index in [2.05, 4.69) is 10.6 Å². The average Bonchev–Trinajstić information content (AvgIpc) is 2.91. The molecule has 2 unspecified atom stereocenters. The number of aryl methyl sites for hydroxylation is 1. The Labute approximate surface area is 237 Å². The number of carbonyl (C=O) groups is 2. The lowest BCUT2D eigenvalue weighted by atomic mass is 9.84. The smallest absolute Gasteiger partial charge is 0.384 e. The Hall–Kier alpha value is -4.10. The molecule has 0 spiro atoms. The second kappa shape index (κ2) is 11.3. The maximum atomic E-state index is 14.8. The fourth-order valence-electron chi connectivity index (χ4n) is 4.77. The van der Waals surface area contributed by atoms with Crippen molar-refractivity contribution in [1.82, 2.24) is 10.2 Å². The molecule has 3 aromatic rings. The second-order valence-electron chi connectivity index (χ2n) is 10.1. The van der Waals surface area contributed by atoms with Gasteiger partial charge in [-0.05, 0) is 43.7 Å². The van der Waals surface area contributed by atoms with Crippen LogP contribution in [0.5, 0.6) is 0 Å². The van der Waals surface area contributed by atoms with E-state index in [0.717, 1.165) is 36.3 Å². The molecule has 1 aliphatic rings. The van der Waals surface area contributed by atoms with Crippen molar-refractivity contribution in [1.29, 1.82) is 0 Å². The minimum absolute atomic E-state index is 0.222. The van der Waals surface area contributed by atoms with Gasteiger partial charge in [0, 0.05) is 12.7 Å². The number of likely N-dealkylation sites (tertiary alicyclic amines) is 1. The first-order chi connectivity index (χ1) is 19.6. The predicted molar refractivity (Wildman–Crippen MR) is 140 cm³/mol. The summed E-state index contributed by atoms with van der Waals surface area (Å²) in [6.45, 7) is 1.94. The van der Waals surface area contributed by atoms with Crippen molar-refractivity contribution in [3.05, 3.63) is 94.8 Å². The van der Waals surface area contributed by atoms with E-state index in [0.29, 0.717) is 11.6 Å². The molecule has 1 fully saturated rings. The van der Waals surface area contributed by atoms with E-state index in [4.69, 9.17) is 4.74 Å². The Balaban J connectivity index is 1.53. The zero-order chi connectivity index (χ0) is 31.0. The van der Waals surface area contributed by atoms with E-state index in [1.807, 2.05) is 0 Å². The van der Waals surface area contributed by atoms with Crippen molar-refractivity contribution in [2.45, 2.75) is 37.3 Å². The Morgan fingerprint density at radius 3 is 2.21 bits per heavy atom. The average molecular weight is 596 g/mol. The van der Waals surface area contributed by atoms with Crippen LogP contribution in [0.4, 0.5) is 37.7 Å². The summed E-state index contributed by atoms with van der Waals surface area (Å²) < 4.78 is 90.7. The molecule has 0 aliphatic carbocycles. The van der Waals surface area contributed by atoms with Gasteiger partial charge in [-0.2, -0.15) is 13.2 Å². The number of methoxy groups -OCH3 is 1. The van der Waals surface area contributed by atoms with Crippen LogP contribution in [0.1, 0.15) is 28.4 Å². The van der Waals surface area contributed by atoms with Crippen molar-refractivity contribution < 1.29 is 45.8 Å². The molecule has 0 bridgehead atoms. The maximum Gasteiger partial charge on any atom is 0.430 e. The van der Waals surface area contributed by atoms with E-state index < -0.39 is 77.0 Å². The lowest BCUT2D eigenvalue weighted by Crippen LogP contribution is -2.72. The normalized spacial score (nSPS) is 16.7. The number of β-amino-alcohol motifs (C(OH)–C–C–N with tert-alkyl or cyclic N) is 1. The molecule has 2 atom stereocenters. The van der Waals surface area contributed by atoms with Crippen molar-refractivity contribution in [2.24, 2.45) is 0 Å². The van der Waals surface area contributed by atoms with E-state index in [1.165, 1.54) is 37.3 Å². The fraction of sp³-hybridized carbons (Fsp3) is 0.310. The van der Waals surface area contributed by atoms with Crippen molar-refractivity contribution in [2.75, 3.05) is 25.5 Å². The summed E-state index contributed by atoms with van der Waals surface area (Å²) >= 11 is 0. The molecule has 3 N–H and O–H groups in total. The highest BCUT2D eigenvalue weighted by atomic mass is 19.4. The number of ether oxygens (including phenoxy) is 1. The van der Waals surface area contributed by atoms with Crippen LogP contribution in [-0.2, 0) is 15.1 Å². The zero-order valence-electron chi connectivity index (χ0n) is 22.7. The number of aliphatic hydroxyl groups is 1. The predicted octanol–water partition coefficient (Wildman–Crippen LogP) is 4.95. The summed E-state index contributed by atoms with van der Waals surface area (Å²) in [5.41, 5.74) is -6.41. The van der Waals surface area contributed by atoms with E-state index in [-0.39, 0.29) is 11.3 Å². The van der Waals surface area contributed by atoms with Crippen molar-refractivity contribution >= 4 is 23.2 Å². The summed E-state index contributed by atoms with van der Waals surface area (Å²) in [5, 5.41) is 15.6. The molecule has 2 amide bonds. The second-order valence-corrected chi connectivity index (χ2v) is 10.1. The standard InChI is InChI=1S/C29H27F6N3O4/c1-16-9-12-22(21(31)13-16)37-24-19(10-11-20(30)23(24)32)25(39)38-14-27(41,15-38)17(2)36-26(40)28(42-3,29(33,34)35)18-7-5-4-6-8-18/h4-13,17,37,41H,14-15H2,1-3H3,(H,36,40). The minimum Gasteiger partial charge on any atom is -0.384 e. The summed E-state index contributed by atoms with van der Waals surface area (Å²) in [6.07, 6.45) is -5.18. The lowest BCUT2D eigenvalue weighted by molar-refractivity contribution is -0.266. The van der Waals surface area contributed by atoms with Gasteiger partial charge >= 0.3 is 6.18 Å². The van der Waals surface area contributed by atoms with E-state index in [9.17, 15) is 41.0 Å². The van der Waals surface area contributed by atoms with Gasteiger partial charge in [-0.15, -0.1) is 0 Å². The number of hydrogen-bond donors (Lipinski definition) is 3. The molecule has 13 heteroatoms. The summed E-state index contributed by atoms with van der Waals surface area (Å²) in [5.74, 6) is -5.98. The van der Waals surface area contributed by atoms with Gasteiger partial charge in [-0.3, -0.25) is 9.59 Å². The van der Waals surface area contributed by atoms with Gasteiger partial charge in [0.2, 0.25) is 0 Å². The van der Waals surface area contributed by atoms with Crippen LogP contribution in [0, 0.1) is 24.4 Å². The monoisotopic (exact) mass is 595 g/mol. The molecule has 3 aromatic carbocycles. The number of rotatable bonds is 8.